The third kappa shape index (κ3) is 1.36. The van der Waals surface area contributed by atoms with Crippen LogP contribution in [-0.2, 0) is 12.8 Å². The second-order valence-corrected chi connectivity index (χ2v) is 4.63. The molecule has 2 nitrogen and oxygen atoms in total. The molecule has 2 heteroatoms. The molecule has 2 unspecified atom stereocenters. The summed E-state index contributed by atoms with van der Waals surface area (Å²) < 4.78 is 5.64. The zero-order valence-electron chi connectivity index (χ0n) is 8.99. The van der Waals surface area contributed by atoms with Crippen LogP contribution in [0.15, 0.2) is 12.1 Å². The maximum atomic E-state index is 9.93. The monoisotopic (exact) mass is 204 g/mol. The van der Waals surface area contributed by atoms with Gasteiger partial charge in [-0.25, -0.2) is 0 Å². The van der Waals surface area contributed by atoms with Crippen LogP contribution in [0.5, 0.6) is 5.75 Å². The highest BCUT2D eigenvalue weighted by Gasteiger charge is 2.30. The molecule has 0 amide bonds. The number of ether oxygens (including phenoxy) is 1. The average molecular weight is 204 g/mol. The van der Waals surface area contributed by atoms with Gasteiger partial charge in [0, 0.05) is 5.56 Å². The highest BCUT2D eigenvalue weighted by molar-refractivity contribution is 5.47. The van der Waals surface area contributed by atoms with Crippen molar-refractivity contribution in [2.45, 2.75) is 44.8 Å². The van der Waals surface area contributed by atoms with Crippen LogP contribution in [0.4, 0.5) is 0 Å². The first kappa shape index (κ1) is 9.22. The molecule has 1 heterocycles. The fourth-order valence-corrected chi connectivity index (χ4v) is 2.63. The van der Waals surface area contributed by atoms with Gasteiger partial charge in [0.1, 0.15) is 18.0 Å². The lowest BCUT2D eigenvalue weighted by atomic mass is 9.89. The van der Waals surface area contributed by atoms with Gasteiger partial charge in [-0.1, -0.05) is 0 Å². The Morgan fingerprint density at radius 1 is 1.20 bits per heavy atom. The first-order valence-electron chi connectivity index (χ1n) is 5.76. The molecule has 0 aromatic heterocycles. The quantitative estimate of drug-likeness (QED) is 0.703. The Morgan fingerprint density at radius 2 is 1.87 bits per heavy atom. The van der Waals surface area contributed by atoms with E-state index in [1.165, 1.54) is 24.0 Å². The number of hydrogen-bond acceptors (Lipinski definition) is 2. The highest BCUT2D eigenvalue weighted by atomic mass is 16.5. The van der Waals surface area contributed by atoms with Gasteiger partial charge < -0.3 is 9.84 Å². The van der Waals surface area contributed by atoms with E-state index in [-0.39, 0.29) is 6.10 Å². The van der Waals surface area contributed by atoms with Crippen molar-refractivity contribution in [1.29, 1.82) is 0 Å². The van der Waals surface area contributed by atoms with Crippen molar-refractivity contribution in [3.05, 3.63) is 28.8 Å². The molecule has 2 atom stereocenters. The van der Waals surface area contributed by atoms with Gasteiger partial charge in [0.25, 0.3) is 0 Å². The Kier molecular flexibility index (Phi) is 1.99. The third-order valence-electron chi connectivity index (χ3n) is 3.55. The molecular weight excluding hydrogens is 188 g/mol. The van der Waals surface area contributed by atoms with E-state index >= 15 is 0 Å². The molecule has 0 saturated heterocycles. The fourth-order valence-electron chi connectivity index (χ4n) is 2.63. The van der Waals surface area contributed by atoms with Crippen LogP contribution in [-0.4, -0.2) is 11.2 Å². The SMILES string of the molecule is CC1Oc2cc3c(cc2C1O)CCCC3. The molecule has 80 valence electrons. The number of aryl methyl sites for hydroxylation is 2. The summed E-state index contributed by atoms with van der Waals surface area (Å²) in [5, 5.41) is 9.93. The lowest BCUT2D eigenvalue weighted by Crippen LogP contribution is -2.12. The number of fused-ring (bicyclic) bond motifs is 2. The van der Waals surface area contributed by atoms with Gasteiger partial charge in [-0.05, 0) is 55.9 Å². The van der Waals surface area contributed by atoms with Crippen LogP contribution < -0.4 is 4.74 Å². The fraction of sp³-hybridized carbons (Fsp3) is 0.538. The lowest BCUT2D eigenvalue weighted by molar-refractivity contribution is 0.0795. The van der Waals surface area contributed by atoms with Crippen molar-refractivity contribution in [2.24, 2.45) is 0 Å². The minimum Gasteiger partial charge on any atom is -0.487 e. The van der Waals surface area contributed by atoms with Crippen molar-refractivity contribution in [1.82, 2.24) is 0 Å². The van der Waals surface area contributed by atoms with Crippen molar-refractivity contribution < 1.29 is 9.84 Å². The number of benzene rings is 1. The van der Waals surface area contributed by atoms with E-state index in [0.29, 0.717) is 0 Å². The van der Waals surface area contributed by atoms with E-state index < -0.39 is 6.10 Å². The first-order valence-corrected chi connectivity index (χ1v) is 5.76. The molecule has 0 fully saturated rings. The number of hydrogen-bond donors (Lipinski definition) is 1. The van der Waals surface area contributed by atoms with Crippen LogP contribution in [0.2, 0.25) is 0 Å². The number of aliphatic hydroxyl groups is 1. The number of aliphatic hydroxyl groups excluding tert-OH is 1. The van der Waals surface area contributed by atoms with E-state index in [9.17, 15) is 5.11 Å². The summed E-state index contributed by atoms with van der Waals surface area (Å²) in [4.78, 5) is 0. The molecule has 1 aliphatic carbocycles. The minimum absolute atomic E-state index is 0.0937. The Labute approximate surface area is 89.9 Å². The summed E-state index contributed by atoms with van der Waals surface area (Å²) in [6.45, 7) is 1.92. The summed E-state index contributed by atoms with van der Waals surface area (Å²) in [6.07, 6.45) is 4.35. The summed E-state index contributed by atoms with van der Waals surface area (Å²) in [7, 11) is 0. The normalized spacial score (nSPS) is 28.1. The molecule has 2 aliphatic rings. The van der Waals surface area contributed by atoms with Crippen LogP contribution in [0.3, 0.4) is 0 Å². The average Bonchev–Trinajstić information content (AvgIpc) is 2.52. The second kappa shape index (κ2) is 3.24. The van der Waals surface area contributed by atoms with Gasteiger partial charge in [-0.3, -0.25) is 0 Å². The molecule has 1 aromatic carbocycles. The summed E-state index contributed by atoms with van der Waals surface area (Å²) >= 11 is 0. The minimum atomic E-state index is -0.438. The van der Waals surface area contributed by atoms with E-state index in [4.69, 9.17) is 4.74 Å². The first-order chi connectivity index (χ1) is 7.25. The standard InChI is InChI=1S/C13H16O2/c1-8-13(14)11-6-9-4-2-3-5-10(9)7-12(11)15-8/h6-8,13-14H,2-5H2,1H3. The largest absolute Gasteiger partial charge is 0.487 e. The van der Waals surface area contributed by atoms with Gasteiger partial charge in [-0.15, -0.1) is 0 Å². The zero-order chi connectivity index (χ0) is 10.4. The molecule has 0 bridgehead atoms. The maximum Gasteiger partial charge on any atom is 0.126 e. The zero-order valence-corrected chi connectivity index (χ0v) is 8.99. The van der Waals surface area contributed by atoms with Crippen molar-refractivity contribution in [2.75, 3.05) is 0 Å². The van der Waals surface area contributed by atoms with E-state index in [0.717, 1.165) is 24.2 Å². The lowest BCUT2D eigenvalue weighted by Gasteiger charge is -2.16. The summed E-state index contributed by atoms with van der Waals surface area (Å²) in [5.74, 6) is 0.899. The molecule has 0 spiro atoms. The summed E-state index contributed by atoms with van der Waals surface area (Å²) in [6, 6.07) is 4.29. The van der Waals surface area contributed by atoms with Crippen molar-refractivity contribution in [3.8, 4) is 5.75 Å². The third-order valence-corrected chi connectivity index (χ3v) is 3.55. The van der Waals surface area contributed by atoms with Crippen molar-refractivity contribution >= 4 is 0 Å². The molecule has 0 radical (unpaired) electrons. The van der Waals surface area contributed by atoms with E-state index in [1.807, 2.05) is 6.92 Å². The second-order valence-electron chi connectivity index (χ2n) is 4.63. The van der Waals surface area contributed by atoms with Crippen molar-refractivity contribution in [3.63, 3.8) is 0 Å². The smallest absolute Gasteiger partial charge is 0.126 e. The molecule has 1 aromatic rings. The Bertz CT molecular complexity index is 398. The molecule has 3 rings (SSSR count). The van der Waals surface area contributed by atoms with Crippen LogP contribution in [0.1, 0.15) is 42.6 Å². The topological polar surface area (TPSA) is 29.5 Å². The van der Waals surface area contributed by atoms with Gasteiger partial charge in [0.2, 0.25) is 0 Å². The Hall–Kier alpha value is -1.02. The Balaban J connectivity index is 2.09. The van der Waals surface area contributed by atoms with Gasteiger partial charge in [-0.2, -0.15) is 0 Å². The van der Waals surface area contributed by atoms with Gasteiger partial charge in [0.05, 0.1) is 0 Å². The highest BCUT2D eigenvalue weighted by Crippen LogP contribution is 2.39. The van der Waals surface area contributed by atoms with Crippen LogP contribution >= 0.6 is 0 Å². The van der Waals surface area contributed by atoms with Gasteiger partial charge >= 0.3 is 0 Å². The van der Waals surface area contributed by atoms with Crippen LogP contribution in [0, 0.1) is 0 Å². The maximum absolute atomic E-state index is 9.93. The Morgan fingerprint density at radius 3 is 2.60 bits per heavy atom. The molecular formula is C13H16O2. The molecule has 1 aliphatic heterocycles. The predicted octanol–water partition coefficient (Wildman–Crippen LogP) is 2.38. The van der Waals surface area contributed by atoms with E-state index in [2.05, 4.69) is 12.1 Å². The molecule has 15 heavy (non-hydrogen) atoms. The van der Waals surface area contributed by atoms with Crippen LogP contribution in [0.25, 0.3) is 0 Å². The number of rotatable bonds is 0. The summed E-state index contributed by atoms with van der Waals surface area (Å²) in [5.41, 5.74) is 3.82. The molecule has 0 saturated carbocycles. The van der Waals surface area contributed by atoms with Gasteiger partial charge in [0.15, 0.2) is 0 Å². The van der Waals surface area contributed by atoms with E-state index in [1.54, 1.807) is 0 Å². The molecule has 1 N–H and O–H groups in total. The predicted molar refractivity (Wildman–Crippen MR) is 58.1 cm³/mol.